The van der Waals surface area contributed by atoms with Crippen molar-refractivity contribution in [3.63, 3.8) is 0 Å². The quantitative estimate of drug-likeness (QED) is 0.860. The molecule has 140 valence electrons. The van der Waals surface area contributed by atoms with Gasteiger partial charge >= 0.3 is 0 Å². The highest BCUT2D eigenvalue weighted by atomic mass is 16.5. The van der Waals surface area contributed by atoms with Gasteiger partial charge in [0, 0.05) is 17.6 Å². The first kappa shape index (κ1) is 18.7. The molecule has 1 aliphatic heterocycles. The van der Waals surface area contributed by atoms with Gasteiger partial charge in [-0.2, -0.15) is 0 Å². The molecule has 0 saturated carbocycles. The van der Waals surface area contributed by atoms with Crippen LogP contribution in [0.5, 0.6) is 5.75 Å². The fourth-order valence-corrected chi connectivity index (χ4v) is 4.85. The number of hydrogen-bond donors (Lipinski definition) is 2. The summed E-state index contributed by atoms with van der Waals surface area (Å²) in [6, 6.07) is 6.30. The van der Waals surface area contributed by atoms with E-state index in [0.717, 1.165) is 25.0 Å². The standard InChI is InChI=1S/C21H33NO3/c1-20(2)11-17(23)12-21(3,4)22(20)13-18(24)14-25-19-9-8-15-6-5-7-16(15)10-19/h8-10,17-18,23-24H,5-7,11-14H2,1-4H3/t18-/m1/s1. The van der Waals surface area contributed by atoms with Gasteiger partial charge in [-0.1, -0.05) is 6.07 Å². The molecule has 1 aromatic carbocycles. The predicted molar refractivity (Wildman–Crippen MR) is 100 cm³/mol. The highest BCUT2D eigenvalue weighted by Crippen LogP contribution is 2.38. The van der Waals surface area contributed by atoms with Crippen LogP contribution >= 0.6 is 0 Å². The number of β-amino-alcohol motifs (C(OH)–C–C–N with tert-alkyl or cyclic N) is 1. The molecule has 25 heavy (non-hydrogen) atoms. The lowest BCUT2D eigenvalue weighted by atomic mass is 9.78. The number of ether oxygens (including phenoxy) is 1. The Morgan fingerprint density at radius 1 is 1.12 bits per heavy atom. The molecule has 4 nitrogen and oxygen atoms in total. The van der Waals surface area contributed by atoms with Gasteiger partial charge in [-0.15, -0.1) is 0 Å². The van der Waals surface area contributed by atoms with E-state index in [1.165, 1.54) is 24.0 Å². The number of aliphatic hydroxyl groups excluding tert-OH is 2. The van der Waals surface area contributed by atoms with E-state index in [9.17, 15) is 10.2 Å². The normalized spacial score (nSPS) is 24.1. The minimum atomic E-state index is -0.554. The Labute approximate surface area is 151 Å². The summed E-state index contributed by atoms with van der Waals surface area (Å²) in [4.78, 5) is 2.32. The van der Waals surface area contributed by atoms with Gasteiger partial charge in [0.15, 0.2) is 0 Å². The first-order valence-corrected chi connectivity index (χ1v) is 9.56. The predicted octanol–water partition coefficient (Wildman–Crippen LogP) is 2.93. The average Bonchev–Trinajstić information content (AvgIpc) is 2.95. The highest BCUT2D eigenvalue weighted by Gasteiger charge is 2.45. The minimum Gasteiger partial charge on any atom is -0.491 e. The first-order chi connectivity index (χ1) is 11.7. The van der Waals surface area contributed by atoms with Crippen LogP contribution in [-0.4, -0.2) is 51.6 Å². The molecule has 1 heterocycles. The van der Waals surface area contributed by atoms with E-state index in [-0.39, 0.29) is 17.2 Å². The van der Waals surface area contributed by atoms with Gasteiger partial charge in [-0.05, 0) is 83.1 Å². The smallest absolute Gasteiger partial charge is 0.119 e. The van der Waals surface area contributed by atoms with Crippen molar-refractivity contribution in [1.82, 2.24) is 4.90 Å². The van der Waals surface area contributed by atoms with E-state index >= 15 is 0 Å². The summed E-state index contributed by atoms with van der Waals surface area (Å²) in [5, 5.41) is 20.7. The molecule has 2 aliphatic rings. The van der Waals surface area contributed by atoms with Crippen LogP contribution in [0.4, 0.5) is 0 Å². The highest BCUT2D eigenvalue weighted by molar-refractivity contribution is 5.38. The second kappa shape index (κ2) is 6.90. The Hall–Kier alpha value is -1.10. The number of piperidine rings is 1. The van der Waals surface area contributed by atoms with Crippen molar-refractivity contribution in [3.8, 4) is 5.75 Å². The number of aliphatic hydroxyl groups is 2. The van der Waals surface area contributed by atoms with E-state index in [1.807, 2.05) is 6.07 Å². The fourth-order valence-electron chi connectivity index (χ4n) is 4.85. The van der Waals surface area contributed by atoms with Gasteiger partial charge in [-0.3, -0.25) is 4.90 Å². The molecular formula is C21H33NO3. The van der Waals surface area contributed by atoms with Crippen molar-refractivity contribution in [3.05, 3.63) is 29.3 Å². The van der Waals surface area contributed by atoms with Crippen LogP contribution in [-0.2, 0) is 12.8 Å². The number of aryl methyl sites for hydroxylation is 2. The average molecular weight is 347 g/mol. The number of hydrogen-bond acceptors (Lipinski definition) is 4. The molecule has 2 N–H and O–H groups in total. The van der Waals surface area contributed by atoms with Crippen molar-refractivity contribution in [2.24, 2.45) is 0 Å². The molecule has 0 amide bonds. The Morgan fingerprint density at radius 3 is 2.44 bits per heavy atom. The Kier molecular flexibility index (Phi) is 5.16. The third-order valence-corrected chi connectivity index (χ3v) is 5.84. The van der Waals surface area contributed by atoms with E-state index in [4.69, 9.17) is 4.74 Å². The number of benzene rings is 1. The van der Waals surface area contributed by atoms with Crippen LogP contribution in [0.25, 0.3) is 0 Å². The molecule has 3 rings (SSSR count). The van der Waals surface area contributed by atoms with Gasteiger partial charge in [0.05, 0.1) is 6.10 Å². The van der Waals surface area contributed by atoms with E-state index < -0.39 is 6.10 Å². The molecule has 1 atom stereocenters. The van der Waals surface area contributed by atoms with Crippen molar-refractivity contribution < 1.29 is 14.9 Å². The zero-order valence-electron chi connectivity index (χ0n) is 16.1. The summed E-state index contributed by atoms with van der Waals surface area (Å²) in [6.45, 7) is 9.43. The summed E-state index contributed by atoms with van der Waals surface area (Å²) in [7, 11) is 0. The summed E-state index contributed by atoms with van der Waals surface area (Å²) < 4.78 is 5.87. The maximum atomic E-state index is 10.6. The fraction of sp³-hybridized carbons (Fsp3) is 0.714. The van der Waals surface area contributed by atoms with Gasteiger partial charge < -0.3 is 14.9 Å². The Balaban J connectivity index is 1.59. The summed E-state index contributed by atoms with van der Waals surface area (Å²) in [6.07, 6.45) is 4.16. The molecule has 1 fully saturated rings. The number of rotatable bonds is 5. The second-order valence-electron chi connectivity index (χ2n) is 9.05. The SMILES string of the molecule is CC1(C)CC(O)CC(C)(C)N1C[C@@H](O)COc1ccc2c(c1)CCC2. The third kappa shape index (κ3) is 4.18. The number of nitrogens with zero attached hydrogens (tertiary/aromatic N) is 1. The summed E-state index contributed by atoms with van der Waals surface area (Å²) in [5.41, 5.74) is 2.54. The second-order valence-corrected chi connectivity index (χ2v) is 9.05. The van der Waals surface area contributed by atoms with E-state index in [2.05, 4.69) is 44.7 Å². The van der Waals surface area contributed by atoms with Gasteiger partial charge in [0.2, 0.25) is 0 Å². The maximum absolute atomic E-state index is 10.6. The van der Waals surface area contributed by atoms with E-state index in [1.54, 1.807) is 0 Å². The van der Waals surface area contributed by atoms with Crippen LogP contribution in [0, 0.1) is 0 Å². The van der Waals surface area contributed by atoms with Crippen LogP contribution in [0.15, 0.2) is 18.2 Å². The molecular weight excluding hydrogens is 314 g/mol. The Bertz CT molecular complexity index is 593. The maximum Gasteiger partial charge on any atom is 0.119 e. The number of fused-ring (bicyclic) bond motifs is 1. The molecule has 1 saturated heterocycles. The van der Waals surface area contributed by atoms with Gasteiger partial charge in [-0.25, -0.2) is 0 Å². The zero-order chi connectivity index (χ0) is 18.2. The molecule has 0 spiro atoms. The lowest BCUT2D eigenvalue weighted by molar-refractivity contribution is -0.1000. The molecule has 0 radical (unpaired) electrons. The lowest BCUT2D eigenvalue weighted by Gasteiger charge is -2.54. The van der Waals surface area contributed by atoms with Crippen molar-refractivity contribution >= 4 is 0 Å². The molecule has 0 unspecified atom stereocenters. The van der Waals surface area contributed by atoms with Crippen molar-refractivity contribution in [2.45, 2.75) is 83.1 Å². The zero-order valence-corrected chi connectivity index (χ0v) is 16.1. The third-order valence-electron chi connectivity index (χ3n) is 5.84. The van der Waals surface area contributed by atoms with Crippen LogP contribution in [0.1, 0.15) is 58.1 Å². The van der Waals surface area contributed by atoms with Crippen LogP contribution in [0.2, 0.25) is 0 Å². The molecule has 0 aromatic heterocycles. The topological polar surface area (TPSA) is 52.9 Å². The number of likely N-dealkylation sites (tertiary alicyclic amines) is 1. The van der Waals surface area contributed by atoms with Crippen molar-refractivity contribution in [1.29, 1.82) is 0 Å². The lowest BCUT2D eigenvalue weighted by Crippen LogP contribution is -2.63. The molecule has 1 aromatic rings. The Morgan fingerprint density at radius 2 is 1.76 bits per heavy atom. The summed E-state index contributed by atoms with van der Waals surface area (Å²) >= 11 is 0. The summed E-state index contributed by atoms with van der Waals surface area (Å²) in [5.74, 6) is 0.854. The first-order valence-electron chi connectivity index (χ1n) is 9.56. The van der Waals surface area contributed by atoms with Gasteiger partial charge in [0.25, 0.3) is 0 Å². The molecule has 0 bridgehead atoms. The van der Waals surface area contributed by atoms with Crippen LogP contribution in [0.3, 0.4) is 0 Å². The molecule has 1 aliphatic carbocycles. The van der Waals surface area contributed by atoms with Crippen LogP contribution < -0.4 is 4.74 Å². The van der Waals surface area contributed by atoms with Crippen molar-refractivity contribution in [2.75, 3.05) is 13.2 Å². The van der Waals surface area contributed by atoms with E-state index in [0.29, 0.717) is 13.2 Å². The molecule has 4 heteroatoms. The monoisotopic (exact) mass is 347 g/mol. The largest absolute Gasteiger partial charge is 0.491 e. The van der Waals surface area contributed by atoms with Gasteiger partial charge in [0.1, 0.15) is 18.5 Å². The minimum absolute atomic E-state index is 0.143.